The van der Waals surface area contributed by atoms with Gasteiger partial charge in [-0.15, -0.1) is 0 Å². The van der Waals surface area contributed by atoms with E-state index in [9.17, 15) is 22.8 Å². The molecule has 0 N–H and O–H groups in total. The number of nitriles is 1. The van der Waals surface area contributed by atoms with Crippen molar-refractivity contribution in [1.29, 1.82) is 5.26 Å². The SMILES string of the molecule is Cc1ccc(C(=O)N2CCCC(C(=O)N(Cc3ccc(C#N)cc3)CC(F)(F)F)C2)cc1. The summed E-state index contributed by atoms with van der Waals surface area (Å²) in [6.07, 6.45) is -3.57. The third-order valence-electron chi connectivity index (χ3n) is 5.49. The fraction of sp³-hybridized carbons (Fsp3) is 0.375. The van der Waals surface area contributed by atoms with Gasteiger partial charge in [0.25, 0.3) is 5.91 Å². The van der Waals surface area contributed by atoms with Gasteiger partial charge in [-0.1, -0.05) is 29.8 Å². The number of aryl methyl sites for hydroxylation is 1. The summed E-state index contributed by atoms with van der Waals surface area (Å²) in [6.45, 7) is 0.881. The molecule has 0 bridgehead atoms. The number of hydrogen-bond acceptors (Lipinski definition) is 3. The summed E-state index contributed by atoms with van der Waals surface area (Å²) in [7, 11) is 0. The number of carbonyl (C=O) groups is 2. The highest BCUT2D eigenvalue weighted by Gasteiger charge is 2.37. The molecular weight excluding hydrogens is 419 g/mol. The fourth-order valence-corrected chi connectivity index (χ4v) is 3.83. The van der Waals surface area contributed by atoms with Crippen LogP contribution in [0.1, 0.15) is 39.9 Å². The summed E-state index contributed by atoms with van der Waals surface area (Å²) in [5.41, 5.74) is 2.40. The van der Waals surface area contributed by atoms with Crippen LogP contribution in [-0.2, 0) is 11.3 Å². The first kappa shape index (κ1) is 23.3. The van der Waals surface area contributed by atoms with E-state index in [1.54, 1.807) is 29.2 Å². The topological polar surface area (TPSA) is 64.4 Å². The van der Waals surface area contributed by atoms with Crippen LogP contribution in [0.15, 0.2) is 48.5 Å². The number of piperidine rings is 1. The van der Waals surface area contributed by atoms with Gasteiger partial charge >= 0.3 is 6.18 Å². The summed E-state index contributed by atoms with van der Waals surface area (Å²) in [5, 5.41) is 8.89. The predicted octanol–water partition coefficient (Wildman–Crippen LogP) is 4.31. The minimum Gasteiger partial charge on any atom is -0.338 e. The first-order valence-electron chi connectivity index (χ1n) is 10.4. The second-order valence-corrected chi connectivity index (χ2v) is 8.07. The zero-order chi connectivity index (χ0) is 23.3. The van der Waals surface area contributed by atoms with Crippen LogP contribution >= 0.6 is 0 Å². The van der Waals surface area contributed by atoms with E-state index in [0.717, 1.165) is 10.5 Å². The molecule has 0 aromatic heterocycles. The Labute approximate surface area is 185 Å². The average Bonchev–Trinajstić information content (AvgIpc) is 2.78. The van der Waals surface area contributed by atoms with Crippen molar-refractivity contribution >= 4 is 11.8 Å². The van der Waals surface area contributed by atoms with Crippen LogP contribution in [0.5, 0.6) is 0 Å². The Bertz CT molecular complexity index is 995. The standard InChI is InChI=1S/C24H24F3N3O2/c1-17-4-10-20(11-5-17)22(31)29-12-2-3-21(15-29)23(32)30(16-24(25,26)27)14-19-8-6-18(13-28)7-9-19/h4-11,21H,2-3,12,14-16H2,1H3. The number of benzene rings is 2. The van der Waals surface area contributed by atoms with E-state index >= 15 is 0 Å². The van der Waals surface area contributed by atoms with E-state index in [4.69, 9.17) is 5.26 Å². The molecule has 32 heavy (non-hydrogen) atoms. The molecule has 0 saturated carbocycles. The van der Waals surface area contributed by atoms with E-state index in [2.05, 4.69) is 0 Å². The molecule has 3 rings (SSSR count). The van der Waals surface area contributed by atoms with Crippen LogP contribution in [0.2, 0.25) is 0 Å². The lowest BCUT2D eigenvalue weighted by Crippen LogP contribution is -2.48. The molecule has 1 heterocycles. The van der Waals surface area contributed by atoms with Crippen LogP contribution in [0, 0.1) is 24.2 Å². The maximum absolute atomic E-state index is 13.2. The lowest BCUT2D eigenvalue weighted by Gasteiger charge is -2.35. The Morgan fingerprint density at radius 2 is 1.78 bits per heavy atom. The average molecular weight is 443 g/mol. The van der Waals surface area contributed by atoms with Crippen LogP contribution in [0.25, 0.3) is 0 Å². The molecule has 1 atom stereocenters. The van der Waals surface area contributed by atoms with Crippen LogP contribution in [0.4, 0.5) is 13.2 Å². The lowest BCUT2D eigenvalue weighted by molar-refractivity contribution is -0.165. The number of nitrogens with zero attached hydrogens (tertiary/aromatic N) is 3. The smallest absolute Gasteiger partial charge is 0.338 e. The monoisotopic (exact) mass is 443 g/mol. The van der Waals surface area contributed by atoms with Gasteiger partial charge in [0, 0.05) is 25.2 Å². The number of alkyl halides is 3. The number of likely N-dealkylation sites (tertiary alicyclic amines) is 1. The van der Waals surface area contributed by atoms with Crippen molar-refractivity contribution in [3.05, 3.63) is 70.8 Å². The van der Waals surface area contributed by atoms with E-state index in [1.165, 1.54) is 12.1 Å². The number of halogens is 3. The van der Waals surface area contributed by atoms with Crippen molar-refractivity contribution in [3.8, 4) is 6.07 Å². The van der Waals surface area contributed by atoms with Gasteiger partial charge in [0.05, 0.1) is 17.6 Å². The predicted molar refractivity (Wildman–Crippen MR) is 112 cm³/mol. The zero-order valence-electron chi connectivity index (χ0n) is 17.7. The van der Waals surface area contributed by atoms with Gasteiger partial charge in [-0.25, -0.2) is 0 Å². The first-order valence-corrected chi connectivity index (χ1v) is 10.4. The summed E-state index contributed by atoms with van der Waals surface area (Å²) < 4.78 is 39.6. The summed E-state index contributed by atoms with van der Waals surface area (Å²) in [5.74, 6) is -1.54. The van der Waals surface area contributed by atoms with E-state index in [-0.39, 0.29) is 19.0 Å². The van der Waals surface area contributed by atoms with Gasteiger partial charge in [-0.3, -0.25) is 9.59 Å². The maximum atomic E-state index is 13.2. The molecular formula is C24H24F3N3O2. The molecule has 2 amide bonds. The Morgan fingerprint density at radius 3 is 2.38 bits per heavy atom. The molecule has 5 nitrogen and oxygen atoms in total. The summed E-state index contributed by atoms with van der Waals surface area (Å²) >= 11 is 0. The largest absolute Gasteiger partial charge is 0.406 e. The molecule has 1 saturated heterocycles. The van der Waals surface area contributed by atoms with Gasteiger partial charge in [0.2, 0.25) is 5.91 Å². The van der Waals surface area contributed by atoms with Crippen molar-refractivity contribution in [1.82, 2.24) is 9.80 Å². The van der Waals surface area contributed by atoms with Crippen molar-refractivity contribution < 1.29 is 22.8 Å². The van der Waals surface area contributed by atoms with E-state index in [0.29, 0.717) is 36.1 Å². The van der Waals surface area contributed by atoms with Gasteiger partial charge < -0.3 is 9.80 Å². The number of hydrogen-bond donors (Lipinski definition) is 0. The second-order valence-electron chi connectivity index (χ2n) is 8.07. The number of amides is 2. The molecule has 8 heteroatoms. The van der Waals surface area contributed by atoms with Gasteiger partial charge in [-0.2, -0.15) is 18.4 Å². The minimum absolute atomic E-state index is 0.0905. The fourth-order valence-electron chi connectivity index (χ4n) is 3.83. The Morgan fingerprint density at radius 1 is 1.12 bits per heavy atom. The van der Waals surface area contributed by atoms with Crippen molar-refractivity contribution in [2.45, 2.75) is 32.5 Å². The van der Waals surface area contributed by atoms with E-state index < -0.39 is 24.5 Å². The molecule has 1 aliphatic rings. The molecule has 2 aromatic rings. The molecule has 1 unspecified atom stereocenters. The van der Waals surface area contributed by atoms with Crippen molar-refractivity contribution in [3.63, 3.8) is 0 Å². The maximum Gasteiger partial charge on any atom is 0.406 e. The molecule has 0 aliphatic carbocycles. The van der Waals surface area contributed by atoms with Gasteiger partial charge in [-0.05, 0) is 49.6 Å². The van der Waals surface area contributed by atoms with Crippen LogP contribution in [0.3, 0.4) is 0 Å². The molecule has 0 spiro atoms. The van der Waals surface area contributed by atoms with Gasteiger partial charge in [0.1, 0.15) is 6.54 Å². The normalized spacial score (nSPS) is 16.3. The zero-order valence-corrected chi connectivity index (χ0v) is 17.7. The van der Waals surface area contributed by atoms with Gasteiger partial charge in [0.15, 0.2) is 0 Å². The summed E-state index contributed by atoms with van der Waals surface area (Å²) in [4.78, 5) is 28.3. The van der Waals surface area contributed by atoms with E-state index in [1.807, 2.05) is 25.1 Å². The third-order valence-corrected chi connectivity index (χ3v) is 5.49. The van der Waals surface area contributed by atoms with Crippen molar-refractivity contribution in [2.24, 2.45) is 5.92 Å². The lowest BCUT2D eigenvalue weighted by atomic mass is 9.95. The first-order chi connectivity index (χ1) is 15.2. The Kier molecular flexibility index (Phi) is 7.18. The summed E-state index contributed by atoms with van der Waals surface area (Å²) in [6, 6.07) is 15.1. The molecule has 2 aromatic carbocycles. The number of rotatable bonds is 5. The van der Waals surface area contributed by atoms with Crippen molar-refractivity contribution in [2.75, 3.05) is 19.6 Å². The highest BCUT2D eigenvalue weighted by atomic mass is 19.4. The second kappa shape index (κ2) is 9.86. The highest BCUT2D eigenvalue weighted by Crippen LogP contribution is 2.25. The molecule has 1 aliphatic heterocycles. The third kappa shape index (κ3) is 6.10. The van der Waals surface area contributed by atoms with Crippen LogP contribution in [-0.4, -0.2) is 47.4 Å². The quantitative estimate of drug-likeness (QED) is 0.692. The van der Waals surface area contributed by atoms with Crippen LogP contribution < -0.4 is 0 Å². The Balaban J connectivity index is 1.74. The Hall–Kier alpha value is -3.34. The highest BCUT2D eigenvalue weighted by molar-refractivity contribution is 5.94. The number of carbonyl (C=O) groups excluding carboxylic acids is 2. The molecule has 0 radical (unpaired) electrons. The minimum atomic E-state index is -4.55. The molecule has 168 valence electrons. The molecule has 1 fully saturated rings.